The summed E-state index contributed by atoms with van der Waals surface area (Å²) in [6, 6.07) is 8.94. The van der Waals surface area contributed by atoms with Crippen LogP contribution >= 0.6 is 0 Å². The lowest BCUT2D eigenvalue weighted by Crippen LogP contribution is -2.41. The summed E-state index contributed by atoms with van der Waals surface area (Å²) in [7, 11) is 4.53. The maximum atomic E-state index is 13.6. The Morgan fingerprint density at radius 2 is 1.83 bits per heavy atom. The van der Waals surface area contributed by atoms with E-state index in [9.17, 15) is 9.59 Å². The van der Waals surface area contributed by atoms with Gasteiger partial charge >= 0.3 is 0 Å². The first-order valence-electron chi connectivity index (χ1n) is 11.6. The van der Waals surface area contributed by atoms with Crippen molar-refractivity contribution in [1.29, 1.82) is 0 Å². The third-order valence-electron chi connectivity index (χ3n) is 7.22. The fourth-order valence-corrected chi connectivity index (χ4v) is 5.65. The second-order valence-electron chi connectivity index (χ2n) is 9.19. The molecule has 0 aromatic heterocycles. The van der Waals surface area contributed by atoms with Gasteiger partial charge in [-0.05, 0) is 17.7 Å². The van der Waals surface area contributed by atoms with Crippen LogP contribution in [0.4, 0.5) is 5.69 Å². The largest absolute Gasteiger partial charge is 0.493 e. The number of amides is 2. The highest BCUT2D eigenvalue weighted by atomic mass is 16.7. The van der Waals surface area contributed by atoms with E-state index in [0.717, 1.165) is 5.56 Å². The average molecular weight is 495 g/mol. The molecule has 188 valence electrons. The summed E-state index contributed by atoms with van der Waals surface area (Å²) in [6.07, 6.45) is 3.35. The number of carbonyl (C=O) groups excluding carboxylic acids is 2. The molecule has 2 aromatic carbocycles. The third kappa shape index (κ3) is 3.35. The van der Waals surface area contributed by atoms with E-state index in [1.807, 2.05) is 30.4 Å². The zero-order chi connectivity index (χ0) is 25.0. The Morgan fingerprint density at radius 3 is 2.56 bits per heavy atom. The van der Waals surface area contributed by atoms with Crippen LogP contribution in [0.2, 0.25) is 0 Å². The Bertz CT molecular complexity index is 1250. The summed E-state index contributed by atoms with van der Waals surface area (Å²) >= 11 is 0. The highest BCUT2D eigenvalue weighted by Crippen LogP contribution is 2.52. The van der Waals surface area contributed by atoms with E-state index in [-0.39, 0.29) is 18.6 Å². The molecule has 4 aliphatic heterocycles. The zero-order valence-electron chi connectivity index (χ0n) is 20.1. The lowest BCUT2D eigenvalue weighted by atomic mass is 9.77. The molecule has 3 unspecified atom stereocenters. The lowest BCUT2D eigenvalue weighted by molar-refractivity contribution is -0.136. The molecular weight excluding hydrogens is 468 g/mol. The van der Waals surface area contributed by atoms with Crippen molar-refractivity contribution < 1.29 is 38.0 Å². The molecule has 0 saturated carbocycles. The quantitative estimate of drug-likeness (QED) is 0.585. The number of anilines is 1. The standard InChI is InChI=1S/C26H26N2O8/c1-31-19-9-15(10-20(32-2)23(19)33-3)27-24(29)21-17-6-7-26(36-17)12-28(25(30)22(21)26)11-14-4-5-16-18(8-14)35-13-34-16/h4-10,17,21-22H,11-13H2,1-3H3,(H,27,29)/t17-,21?,22?,26?/m0/s1. The summed E-state index contributed by atoms with van der Waals surface area (Å²) < 4.78 is 33.2. The van der Waals surface area contributed by atoms with Crippen molar-refractivity contribution >= 4 is 17.5 Å². The normalized spacial score (nSPS) is 26.8. The monoisotopic (exact) mass is 494 g/mol. The zero-order valence-corrected chi connectivity index (χ0v) is 20.1. The number of carbonyl (C=O) groups is 2. The molecule has 10 nitrogen and oxygen atoms in total. The number of hydrogen-bond donors (Lipinski definition) is 1. The van der Waals surface area contributed by atoms with Gasteiger partial charge in [-0.3, -0.25) is 9.59 Å². The van der Waals surface area contributed by atoms with Crippen LogP contribution in [0.15, 0.2) is 42.5 Å². The number of hydrogen-bond acceptors (Lipinski definition) is 8. The van der Waals surface area contributed by atoms with Gasteiger partial charge in [0.25, 0.3) is 0 Å². The van der Waals surface area contributed by atoms with Crippen LogP contribution in [-0.2, 0) is 20.9 Å². The average Bonchev–Trinajstić information content (AvgIpc) is 3.64. The molecule has 4 aliphatic rings. The molecule has 2 aromatic rings. The maximum Gasteiger partial charge on any atom is 0.231 e. The van der Waals surface area contributed by atoms with E-state index in [4.69, 9.17) is 28.4 Å². The number of methoxy groups -OCH3 is 3. The van der Waals surface area contributed by atoms with Crippen molar-refractivity contribution in [2.45, 2.75) is 18.2 Å². The predicted octanol–water partition coefficient (Wildman–Crippen LogP) is 2.36. The second-order valence-corrected chi connectivity index (χ2v) is 9.19. The molecule has 2 saturated heterocycles. The Morgan fingerprint density at radius 1 is 1.08 bits per heavy atom. The first kappa shape index (κ1) is 22.5. The number of benzene rings is 2. The van der Waals surface area contributed by atoms with Crippen molar-refractivity contribution in [2.75, 3.05) is 40.0 Å². The topological polar surface area (TPSA) is 105 Å². The Labute approximate surface area is 207 Å². The highest BCUT2D eigenvalue weighted by molar-refractivity contribution is 5.99. The molecule has 2 amide bonds. The van der Waals surface area contributed by atoms with Gasteiger partial charge in [-0.1, -0.05) is 18.2 Å². The Hall–Kier alpha value is -3.92. The number of nitrogens with zero attached hydrogens (tertiary/aromatic N) is 1. The molecule has 0 aliphatic carbocycles. The molecule has 10 heteroatoms. The first-order valence-corrected chi connectivity index (χ1v) is 11.6. The van der Waals surface area contributed by atoms with Crippen molar-refractivity contribution in [3.05, 3.63) is 48.0 Å². The van der Waals surface area contributed by atoms with Crippen LogP contribution in [-0.4, -0.2) is 63.1 Å². The summed E-state index contributed by atoms with van der Waals surface area (Å²) in [5.74, 6) is 0.931. The Kier molecular flexibility index (Phi) is 5.22. The molecule has 4 heterocycles. The molecule has 2 fully saturated rings. The summed E-state index contributed by atoms with van der Waals surface area (Å²) in [5.41, 5.74) is 0.578. The summed E-state index contributed by atoms with van der Waals surface area (Å²) in [4.78, 5) is 28.8. The van der Waals surface area contributed by atoms with E-state index in [1.165, 1.54) is 21.3 Å². The SMILES string of the molecule is COc1cc(NC(=O)C2C3C(=O)N(Cc4ccc5c(c4)OCO5)CC34C=C[C@@H]2O4)cc(OC)c1OC. The number of ether oxygens (including phenoxy) is 6. The van der Waals surface area contributed by atoms with Gasteiger partial charge in [0.1, 0.15) is 5.60 Å². The third-order valence-corrected chi connectivity index (χ3v) is 7.22. The van der Waals surface area contributed by atoms with Gasteiger partial charge in [-0.2, -0.15) is 0 Å². The molecular formula is C26H26N2O8. The van der Waals surface area contributed by atoms with Crippen LogP contribution in [0.5, 0.6) is 28.7 Å². The molecule has 36 heavy (non-hydrogen) atoms. The Balaban J connectivity index is 1.23. The van der Waals surface area contributed by atoms with Crippen molar-refractivity contribution in [2.24, 2.45) is 11.8 Å². The number of fused-ring (bicyclic) bond motifs is 2. The number of rotatable bonds is 7. The van der Waals surface area contributed by atoms with E-state index < -0.39 is 23.5 Å². The highest BCUT2D eigenvalue weighted by Gasteiger charge is 2.66. The molecule has 4 atom stereocenters. The minimum absolute atomic E-state index is 0.107. The van der Waals surface area contributed by atoms with Crippen LogP contribution in [0.25, 0.3) is 0 Å². The van der Waals surface area contributed by atoms with Gasteiger partial charge in [0, 0.05) is 24.4 Å². The smallest absolute Gasteiger partial charge is 0.231 e. The maximum absolute atomic E-state index is 13.6. The number of nitrogens with one attached hydrogen (secondary N) is 1. The molecule has 2 bridgehead atoms. The van der Waals surface area contributed by atoms with E-state index in [1.54, 1.807) is 17.0 Å². The van der Waals surface area contributed by atoms with E-state index >= 15 is 0 Å². The van der Waals surface area contributed by atoms with Gasteiger partial charge in [0.2, 0.25) is 24.4 Å². The second kappa shape index (κ2) is 8.34. The van der Waals surface area contributed by atoms with E-state index in [0.29, 0.717) is 47.5 Å². The van der Waals surface area contributed by atoms with Crippen molar-refractivity contribution in [3.63, 3.8) is 0 Å². The van der Waals surface area contributed by atoms with Gasteiger partial charge in [-0.15, -0.1) is 0 Å². The van der Waals surface area contributed by atoms with Gasteiger partial charge in [-0.25, -0.2) is 0 Å². The number of likely N-dealkylation sites (tertiary alicyclic amines) is 1. The molecule has 1 N–H and O–H groups in total. The minimum atomic E-state index is -0.810. The lowest BCUT2D eigenvalue weighted by Gasteiger charge is -2.24. The first-order chi connectivity index (χ1) is 17.5. The fraction of sp³-hybridized carbons (Fsp3) is 0.385. The van der Waals surface area contributed by atoms with Crippen molar-refractivity contribution in [1.82, 2.24) is 4.90 Å². The van der Waals surface area contributed by atoms with Crippen LogP contribution in [0, 0.1) is 11.8 Å². The summed E-state index contributed by atoms with van der Waals surface area (Å²) in [5, 5.41) is 2.92. The fourth-order valence-electron chi connectivity index (χ4n) is 5.65. The minimum Gasteiger partial charge on any atom is -0.493 e. The van der Waals surface area contributed by atoms with Crippen molar-refractivity contribution in [3.8, 4) is 28.7 Å². The molecule has 1 spiro atoms. The van der Waals surface area contributed by atoms with Crippen LogP contribution in [0.3, 0.4) is 0 Å². The molecule has 6 rings (SSSR count). The predicted molar refractivity (Wildman–Crippen MR) is 126 cm³/mol. The van der Waals surface area contributed by atoms with E-state index in [2.05, 4.69) is 5.32 Å². The van der Waals surface area contributed by atoms with Gasteiger partial charge < -0.3 is 38.6 Å². The molecule has 0 radical (unpaired) electrons. The van der Waals surface area contributed by atoms with Crippen LogP contribution < -0.4 is 29.0 Å². The van der Waals surface area contributed by atoms with Gasteiger partial charge in [0.15, 0.2) is 23.0 Å². The summed E-state index contributed by atoms with van der Waals surface area (Å²) in [6.45, 7) is 0.956. The van der Waals surface area contributed by atoms with Gasteiger partial charge in [0.05, 0.1) is 45.8 Å². The van der Waals surface area contributed by atoms with Crippen LogP contribution in [0.1, 0.15) is 5.56 Å².